The van der Waals surface area contributed by atoms with Crippen LogP contribution in [0.3, 0.4) is 0 Å². The lowest BCUT2D eigenvalue weighted by Gasteiger charge is -2.22. The molecule has 0 saturated carbocycles. The molecule has 0 radical (unpaired) electrons. The molecule has 1 fully saturated rings. The van der Waals surface area contributed by atoms with Gasteiger partial charge in [0.05, 0.1) is 6.61 Å². The van der Waals surface area contributed by atoms with E-state index in [0.29, 0.717) is 5.92 Å². The van der Waals surface area contributed by atoms with Gasteiger partial charge in [-0.3, -0.25) is 0 Å². The Balaban J connectivity index is 1.79. The van der Waals surface area contributed by atoms with Crippen LogP contribution < -0.4 is 10.1 Å². The van der Waals surface area contributed by atoms with Gasteiger partial charge in [0.25, 0.3) is 0 Å². The van der Waals surface area contributed by atoms with Gasteiger partial charge in [0.2, 0.25) is 0 Å². The molecule has 1 N–H and O–H groups in total. The molecule has 0 bridgehead atoms. The van der Waals surface area contributed by atoms with E-state index in [-0.39, 0.29) is 5.82 Å². The van der Waals surface area contributed by atoms with Crippen LogP contribution in [0.2, 0.25) is 0 Å². The molecular weight excluding hydrogens is 193 g/mol. The van der Waals surface area contributed by atoms with Gasteiger partial charge in [-0.15, -0.1) is 0 Å². The maximum absolute atomic E-state index is 12.6. The summed E-state index contributed by atoms with van der Waals surface area (Å²) in [6.07, 6.45) is 2.44. The van der Waals surface area contributed by atoms with Gasteiger partial charge in [-0.25, -0.2) is 4.39 Å². The Bertz CT molecular complexity index is 293. The van der Waals surface area contributed by atoms with Crippen LogP contribution in [0.5, 0.6) is 5.75 Å². The van der Waals surface area contributed by atoms with Crippen molar-refractivity contribution < 1.29 is 9.13 Å². The number of ether oxygens (including phenoxy) is 1. The van der Waals surface area contributed by atoms with Gasteiger partial charge >= 0.3 is 0 Å². The highest BCUT2D eigenvalue weighted by Crippen LogP contribution is 2.15. The van der Waals surface area contributed by atoms with E-state index in [9.17, 15) is 4.39 Å². The first-order chi connectivity index (χ1) is 7.34. The van der Waals surface area contributed by atoms with Crippen molar-refractivity contribution in [3.63, 3.8) is 0 Å². The highest BCUT2D eigenvalue weighted by Gasteiger charge is 2.13. The minimum atomic E-state index is -0.221. The zero-order chi connectivity index (χ0) is 10.5. The van der Waals surface area contributed by atoms with Crippen molar-refractivity contribution in [2.45, 2.75) is 12.8 Å². The third-order valence-corrected chi connectivity index (χ3v) is 2.70. The average Bonchev–Trinajstić information content (AvgIpc) is 2.30. The van der Waals surface area contributed by atoms with Gasteiger partial charge in [0.1, 0.15) is 11.6 Å². The molecule has 0 aliphatic carbocycles. The zero-order valence-corrected chi connectivity index (χ0v) is 8.71. The van der Waals surface area contributed by atoms with Crippen LogP contribution in [-0.2, 0) is 0 Å². The van der Waals surface area contributed by atoms with Crippen molar-refractivity contribution in [1.82, 2.24) is 5.32 Å². The molecule has 0 unspecified atom stereocenters. The lowest BCUT2D eigenvalue weighted by Crippen LogP contribution is -2.33. The molecule has 1 saturated heterocycles. The average molecular weight is 209 g/mol. The Morgan fingerprint density at radius 1 is 1.33 bits per heavy atom. The molecule has 15 heavy (non-hydrogen) atoms. The van der Waals surface area contributed by atoms with Crippen LogP contribution in [0.25, 0.3) is 0 Å². The van der Waals surface area contributed by atoms with Gasteiger partial charge in [-0.2, -0.15) is 0 Å². The minimum Gasteiger partial charge on any atom is -0.493 e. The fourth-order valence-electron chi connectivity index (χ4n) is 1.81. The fraction of sp³-hybridized carbons (Fsp3) is 0.500. The minimum absolute atomic E-state index is 0.221. The second-order valence-electron chi connectivity index (χ2n) is 3.98. The summed E-state index contributed by atoms with van der Waals surface area (Å²) >= 11 is 0. The van der Waals surface area contributed by atoms with Crippen LogP contribution in [-0.4, -0.2) is 19.7 Å². The number of piperidine rings is 1. The second-order valence-corrected chi connectivity index (χ2v) is 3.98. The Morgan fingerprint density at radius 3 is 2.80 bits per heavy atom. The normalized spacial score (nSPS) is 21.3. The van der Waals surface area contributed by atoms with Crippen molar-refractivity contribution in [1.29, 1.82) is 0 Å². The predicted octanol–water partition coefficient (Wildman–Crippen LogP) is 2.20. The van der Waals surface area contributed by atoms with E-state index in [0.717, 1.165) is 25.4 Å². The number of halogens is 1. The molecule has 0 amide bonds. The lowest BCUT2D eigenvalue weighted by atomic mass is 10.0. The van der Waals surface area contributed by atoms with Crippen molar-refractivity contribution >= 4 is 0 Å². The van der Waals surface area contributed by atoms with E-state index in [1.165, 1.54) is 25.0 Å². The molecular formula is C12H16FNO. The summed E-state index contributed by atoms with van der Waals surface area (Å²) in [5, 5.41) is 3.34. The van der Waals surface area contributed by atoms with Crippen molar-refractivity contribution in [3.05, 3.63) is 30.1 Å². The SMILES string of the molecule is Fc1ccc(OC[C@H]2CCCNC2)cc1. The molecule has 1 aliphatic heterocycles. The number of nitrogens with one attached hydrogen (secondary N) is 1. The Morgan fingerprint density at radius 2 is 2.13 bits per heavy atom. The molecule has 3 heteroatoms. The van der Waals surface area contributed by atoms with E-state index in [2.05, 4.69) is 5.32 Å². The van der Waals surface area contributed by atoms with Crippen molar-refractivity contribution in [2.75, 3.05) is 19.7 Å². The maximum atomic E-state index is 12.6. The summed E-state index contributed by atoms with van der Waals surface area (Å²) < 4.78 is 18.2. The summed E-state index contributed by atoms with van der Waals surface area (Å²) in [7, 11) is 0. The van der Waals surface area contributed by atoms with Gasteiger partial charge < -0.3 is 10.1 Å². The summed E-state index contributed by atoms with van der Waals surface area (Å²) in [6.45, 7) is 2.87. The highest BCUT2D eigenvalue weighted by molar-refractivity contribution is 5.22. The quantitative estimate of drug-likeness (QED) is 0.824. The van der Waals surface area contributed by atoms with E-state index >= 15 is 0 Å². The largest absolute Gasteiger partial charge is 0.493 e. The second kappa shape index (κ2) is 5.12. The highest BCUT2D eigenvalue weighted by atomic mass is 19.1. The summed E-state index contributed by atoms with van der Waals surface area (Å²) in [5.74, 6) is 1.12. The molecule has 2 rings (SSSR count). The molecule has 1 aliphatic rings. The van der Waals surface area contributed by atoms with Crippen LogP contribution in [0.1, 0.15) is 12.8 Å². The summed E-state index contributed by atoms with van der Waals surface area (Å²) in [5.41, 5.74) is 0. The third kappa shape index (κ3) is 3.20. The number of hydrogen-bond acceptors (Lipinski definition) is 2. The Labute approximate surface area is 89.4 Å². The monoisotopic (exact) mass is 209 g/mol. The molecule has 1 aromatic carbocycles. The van der Waals surface area contributed by atoms with Crippen molar-refractivity contribution in [3.8, 4) is 5.75 Å². The molecule has 1 heterocycles. The summed E-state index contributed by atoms with van der Waals surface area (Å²) in [4.78, 5) is 0. The molecule has 0 aromatic heterocycles. The van der Waals surface area contributed by atoms with E-state index in [1.54, 1.807) is 12.1 Å². The van der Waals surface area contributed by atoms with Crippen molar-refractivity contribution in [2.24, 2.45) is 5.92 Å². The standard InChI is InChI=1S/C12H16FNO/c13-11-3-5-12(6-4-11)15-9-10-2-1-7-14-8-10/h3-6,10,14H,1-2,7-9H2/t10-/m0/s1. The van der Waals surface area contributed by atoms with E-state index < -0.39 is 0 Å². The fourth-order valence-corrected chi connectivity index (χ4v) is 1.81. The first-order valence-electron chi connectivity index (χ1n) is 5.44. The number of rotatable bonds is 3. The topological polar surface area (TPSA) is 21.3 Å². The molecule has 82 valence electrons. The smallest absolute Gasteiger partial charge is 0.123 e. The predicted molar refractivity (Wildman–Crippen MR) is 57.5 cm³/mol. The van der Waals surface area contributed by atoms with Gasteiger partial charge in [0.15, 0.2) is 0 Å². The van der Waals surface area contributed by atoms with Crippen LogP contribution >= 0.6 is 0 Å². The summed E-state index contributed by atoms with van der Waals surface area (Å²) in [6, 6.07) is 6.19. The number of hydrogen-bond donors (Lipinski definition) is 1. The molecule has 1 aromatic rings. The van der Waals surface area contributed by atoms with Gasteiger partial charge in [0, 0.05) is 12.5 Å². The zero-order valence-electron chi connectivity index (χ0n) is 8.71. The van der Waals surface area contributed by atoms with Crippen LogP contribution in [0.15, 0.2) is 24.3 Å². The van der Waals surface area contributed by atoms with Crippen LogP contribution in [0, 0.1) is 11.7 Å². The lowest BCUT2D eigenvalue weighted by molar-refractivity contribution is 0.218. The van der Waals surface area contributed by atoms with E-state index in [1.807, 2.05) is 0 Å². The first-order valence-corrected chi connectivity index (χ1v) is 5.44. The number of benzene rings is 1. The van der Waals surface area contributed by atoms with E-state index in [4.69, 9.17) is 4.74 Å². The molecule has 1 atom stereocenters. The van der Waals surface area contributed by atoms with Crippen LogP contribution in [0.4, 0.5) is 4.39 Å². The maximum Gasteiger partial charge on any atom is 0.123 e. The van der Waals surface area contributed by atoms with Gasteiger partial charge in [-0.05, 0) is 43.7 Å². The Kier molecular flexibility index (Phi) is 3.56. The molecule has 0 spiro atoms. The van der Waals surface area contributed by atoms with Gasteiger partial charge in [-0.1, -0.05) is 0 Å². The molecule has 2 nitrogen and oxygen atoms in total. The first kappa shape index (κ1) is 10.4. The Hall–Kier alpha value is -1.09. The third-order valence-electron chi connectivity index (χ3n) is 2.70.